The molecule has 16 heavy (non-hydrogen) atoms. The molecule has 0 saturated carbocycles. The van der Waals surface area contributed by atoms with Gasteiger partial charge in [-0.05, 0) is 44.9 Å². The molecule has 0 spiro atoms. The number of amides is 1. The molecule has 3 nitrogen and oxygen atoms in total. The van der Waals surface area contributed by atoms with Crippen LogP contribution in [-0.4, -0.2) is 41.4 Å². The fourth-order valence-corrected chi connectivity index (χ4v) is 4.24. The Bertz CT molecular complexity index is 280. The summed E-state index contributed by atoms with van der Waals surface area (Å²) in [6, 6.07) is 0. The molecule has 1 amide bonds. The van der Waals surface area contributed by atoms with Crippen molar-refractivity contribution in [1.29, 1.82) is 0 Å². The number of carbonyl (C=O) groups excluding carboxylic acids is 1. The summed E-state index contributed by atoms with van der Waals surface area (Å²) in [6.45, 7) is 7.01. The first-order valence-electron chi connectivity index (χ1n) is 6.13. The maximum atomic E-state index is 11.3. The first kappa shape index (κ1) is 12.2. The smallest absolute Gasteiger partial charge is 0.224 e. The van der Waals surface area contributed by atoms with Gasteiger partial charge in [0.15, 0.2) is 0 Å². The molecule has 2 atom stereocenters. The number of primary amides is 1. The Kier molecular flexibility index (Phi) is 3.50. The van der Waals surface area contributed by atoms with Crippen molar-refractivity contribution in [2.45, 2.75) is 31.9 Å². The van der Waals surface area contributed by atoms with E-state index in [1.54, 1.807) is 0 Å². The topological polar surface area (TPSA) is 46.3 Å². The lowest BCUT2D eigenvalue weighted by Gasteiger charge is -2.38. The fourth-order valence-electron chi connectivity index (χ4n) is 2.73. The molecule has 2 rings (SSSR count). The number of piperidine rings is 1. The molecule has 2 aliphatic heterocycles. The molecule has 0 aromatic carbocycles. The second-order valence-corrected chi connectivity index (χ2v) is 7.08. The highest BCUT2D eigenvalue weighted by Gasteiger charge is 2.36. The van der Waals surface area contributed by atoms with Gasteiger partial charge in [0.1, 0.15) is 0 Å². The summed E-state index contributed by atoms with van der Waals surface area (Å²) in [5.41, 5.74) is 5.03. The number of fused-ring (bicyclic) bond motifs is 1. The quantitative estimate of drug-likeness (QED) is 0.812. The zero-order chi connectivity index (χ0) is 11.8. The summed E-state index contributed by atoms with van der Waals surface area (Å²) in [6.07, 6.45) is 2.63. The number of rotatable bonds is 3. The third-order valence-corrected chi connectivity index (χ3v) is 5.37. The van der Waals surface area contributed by atoms with E-state index in [1.807, 2.05) is 13.8 Å². The normalized spacial score (nSPS) is 31.4. The van der Waals surface area contributed by atoms with Gasteiger partial charge in [0.25, 0.3) is 0 Å². The number of likely N-dealkylation sites (tertiary alicyclic amines) is 1. The number of nitrogens with zero attached hydrogens (tertiary/aromatic N) is 1. The van der Waals surface area contributed by atoms with E-state index in [0.29, 0.717) is 0 Å². The molecule has 0 aromatic heterocycles. The third-order valence-electron chi connectivity index (χ3n) is 3.85. The lowest BCUT2D eigenvalue weighted by atomic mass is 9.89. The zero-order valence-corrected chi connectivity index (χ0v) is 11.1. The van der Waals surface area contributed by atoms with Gasteiger partial charge < -0.3 is 10.6 Å². The molecule has 2 saturated heterocycles. The Morgan fingerprint density at radius 3 is 2.94 bits per heavy atom. The molecule has 2 aliphatic rings. The predicted octanol–water partition coefficient (Wildman–Crippen LogP) is 1.33. The van der Waals surface area contributed by atoms with Crippen LogP contribution < -0.4 is 5.73 Å². The lowest BCUT2D eigenvalue weighted by Crippen LogP contribution is -2.48. The maximum Gasteiger partial charge on any atom is 0.224 e. The minimum absolute atomic E-state index is 0.185. The van der Waals surface area contributed by atoms with E-state index in [4.69, 9.17) is 5.73 Å². The Hall–Kier alpha value is -0.220. The van der Waals surface area contributed by atoms with Crippen molar-refractivity contribution in [1.82, 2.24) is 4.90 Å². The van der Waals surface area contributed by atoms with Gasteiger partial charge >= 0.3 is 0 Å². The highest BCUT2D eigenvalue weighted by molar-refractivity contribution is 8.00. The summed E-state index contributed by atoms with van der Waals surface area (Å²) < 4.78 is 0. The van der Waals surface area contributed by atoms with E-state index in [-0.39, 0.29) is 5.91 Å². The van der Waals surface area contributed by atoms with Crippen molar-refractivity contribution in [3.8, 4) is 0 Å². The number of hydrogen-bond donors (Lipinski definition) is 1. The van der Waals surface area contributed by atoms with Gasteiger partial charge in [-0.15, -0.1) is 0 Å². The summed E-state index contributed by atoms with van der Waals surface area (Å²) in [5.74, 6) is 1.99. The van der Waals surface area contributed by atoms with Crippen LogP contribution in [0.4, 0.5) is 0 Å². The van der Waals surface area contributed by atoms with Crippen LogP contribution in [0.25, 0.3) is 0 Å². The SMILES string of the molecule is CC(C)(CN1CCC2SCCC2C1)C(N)=O. The van der Waals surface area contributed by atoms with E-state index < -0.39 is 5.41 Å². The Labute approximate surface area is 102 Å². The highest BCUT2D eigenvalue weighted by atomic mass is 32.2. The van der Waals surface area contributed by atoms with Gasteiger partial charge in [-0.25, -0.2) is 0 Å². The highest BCUT2D eigenvalue weighted by Crippen LogP contribution is 2.38. The number of nitrogens with two attached hydrogens (primary N) is 1. The molecule has 0 aromatic rings. The molecule has 2 heterocycles. The molecule has 4 heteroatoms. The van der Waals surface area contributed by atoms with Gasteiger partial charge in [-0.3, -0.25) is 4.79 Å². The summed E-state index contributed by atoms with van der Waals surface area (Å²) >= 11 is 2.13. The molecule has 92 valence electrons. The number of hydrogen-bond acceptors (Lipinski definition) is 3. The first-order chi connectivity index (χ1) is 7.49. The Morgan fingerprint density at radius 1 is 1.50 bits per heavy atom. The van der Waals surface area contributed by atoms with E-state index in [1.165, 1.54) is 18.6 Å². The Balaban J connectivity index is 1.90. The van der Waals surface area contributed by atoms with Crippen LogP contribution in [0.2, 0.25) is 0 Å². The largest absolute Gasteiger partial charge is 0.369 e. The fraction of sp³-hybridized carbons (Fsp3) is 0.917. The Morgan fingerprint density at radius 2 is 2.25 bits per heavy atom. The predicted molar refractivity (Wildman–Crippen MR) is 68.4 cm³/mol. The molecule has 2 N–H and O–H groups in total. The second-order valence-electron chi connectivity index (χ2n) is 5.73. The lowest BCUT2D eigenvalue weighted by molar-refractivity contribution is -0.127. The molecule has 2 unspecified atom stereocenters. The van der Waals surface area contributed by atoms with Crippen molar-refractivity contribution < 1.29 is 4.79 Å². The van der Waals surface area contributed by atoms with Gasteiger partial charge in [0.05, 0.1) is 5.41 Å². The van der Waals surface area contributed by atoms with Gasteiger partial charge in [0.2, 0.25) is 5.91 Å². The average molecular weight is 242 g/mol. The molecular formula is C12H22N2OS. The van der Waals surface area contributed by atoms with Crippen LogP contribution in [-0.2, 0) is 4.79 Å². The van der Waals surface area contributed by atoms with Crippen LogP contribution in [0.5, 0.6) is 0 Å². The van der Waals surface area contributed by atoms with Crippen molar-refractivity contribution in [3.05, 3.63) is 0 Å². The van der Waals surface area contributed by atoms with Crippen LogP contribution in [0.15, 0.2) is 0 Å². The molecular weight excluding hydrogens is 220 g/mol. The van der Waals surface area contributed by atoms with Crippen LogP contribution >= 0.6 is 11.8 Å². The summed E-state index contributed by atoms with van der Waals surface area (Å²) in [7, 11) is 0. The number of thioether (sulfide) groups is 1. The van der Waals surface area contributed by atoms with E-state index in [9.17, 15) is 4.79 Å². The van der Waals surface area contributed by atoms with Crippen molar-refractivity contribution in [2.24, 2.45) is 17.1 Å². The second kappa shape index (κ2) is 4.57. The van der Waals surface area contributed by atoms with Crippen LogP contribution in [0, 0.1) is 11.3 Å². The molecule has 2 fully saturated rings. The molecule has 0 bridgehead atoms. The summed E-state index contributed by atoms with van der Waals surface area (Å²) in [5, 5.41) is 0.882. The molecule has 0 radical (unpaired) electrons. The van der Waals surface area contributed by atoms with Crippen molar-refractivity contribution in [3.63, 3.8) is 0 Å². The average Bonchev–Trinajstić information content (AvgIpc) is 2.63. The van der Waals surface area contributed by atoms with Crippen LogP contribution in [0.1, 0.15) is 26.7 Å². The van der Waals surface area contributed by atoms with Gasteiger partial charge in [-0.1, -0.05) is 0 Å². The number of carbonyl (C=O) groups is 1. The maximum absolute atomic E-state index is 11.3. The minimum Gasteiger partial charge on any atom is -0.369 e. The van der Waals surface area contributed by atoms with Gasteiger partial charge in [0, 0.05) is 18.3 Å². The van der Waals surface area contributed by atoms with Gasteiger partial charge in [-0.2, -0.15) is 11.8 Å². The standard InChI is InChI=1S/C12H22N2OS/c1-12(2,11(13)15)8-14-5-3-10-9(7-14)4-6-16-10/h9-10H,3-8H2,1-2H3,(H2,13,15). The molecule has 0 aliphatic carbocycles. The first-order valence-corrected chi connectivity index (χ1v) is 7.18. The van der Waals surface area contributed by atoms with E-state index in [0.717, 1.165) is 30.8 Å². The summed E-state index contributed by atoms with van der Waals surface area (Å²) in [4.78, 5) is 13.7. The van der Waals surface area contributed by atoms with Crippen molar-refractivity contribution >= 4 is 17.7 Å². The van der Waals surface area contributed by atoms with E-state index in [2.05, 4.69) is 16.7 Å². The third kappa shape index (κ3) is 2.54. The zero-order valence-electron chi connectivity index (χ0n) is 10.2. The monoisotopic (exact) mass is 242 g/mol. The minimum atomic E-state index is -0.390. The van der Waals surface area contributed by atoms with Crippen molar-refractivity contribution in [2.75, 3.05) is 25.4 Å². The van der Waals surface area contributed by atoms with Crippen LogP contribution in [0.3, 0.4) is 0 Å². The van der Waals surface area contributed by atoms with E-state index >= 15 is 0 Å².